The van der Waals surface area contributed by atoms with Crippen LogP contribution in [0.15, 0.2) is 71.5 Å². The van der Waals surface area contributed by atoms with E-state index >= 15 is 0 Å². The van der Waals surface area contributed by atoms with E-state index in [1.165, 1.54) is 28.8 Å². The van der Waals surface area contributed by atoms with Crippen LogP contribution in [0.5, 0.6) is 0 Å². The van der Waals surface area contributed by atoms with Gasteiger partial charge in [0, 0.05) is 38.3 Å². The highest BCUT2D eigenvalue weighted by Gasteiger charge is 2.37. The number of hydrogen-bond acceptors (Lipinski definition) is 5. The number of anilines is 1. The molecule has 1 fully saturated rings. The van der Waals surface area contributed by atoms with Gasteiger partial charge in [-0.1, -0.05) is 24.3 Å². The topological polar surface area (TPSA) is 65.2 Å². The number of aromatic nitrogens is 2. The number of benzene rings is 2. The van der Waals surface area contributed by atoms with Gasteiger partial charge in [-0.15, -0.1) is 0 Å². The van der Waals surface area contributed by atoms with Crippen LogP contribution in [0.4, 0.5) is 14.5 Å². The fraction of sp³-hybridized carbons (Fsp3) is 0.276. The zero-order valence-electron chi connectivity index (χ0n) is 20.9. The third kappa shape index (κ3) is 4.47. The Bertz CT molecular complexity index is 1500. The van der Waals surface area contributed by atoms with Crippen molar-refractivity contribution in [3.05, 3.63) is 106 Å². The van der Waals surface area contributed by atoms with E-state index < -0.39 is 0 Å². The van der Waals surface area contributed by atoms with Gasteiger partial charge in [-0.05, 0) is 61.4 Å². The molecule has 0 amide bonds. The summed E-state index contributed by atoms with van der Waals surface area (Å²) in [6.45, 7) is 5.46. The van der Waals surface area contributed by atoms with E-state index in [2.05, 4.69) is 34.7 Å². The zero-order chi connectivity index (χ0) is 26.3. The predicted octanol–water partition coefficient (Wildman–Crippen LogP) is 4.77. The lowest BCUT2D eigenvalue weighted by Crippen LogP contribution is -2.58. The standard InChI is InChI=1S/C29H27F2N5O/c1-18-19(2)36(29(20-4-8-22(30)9-5-20)21-6-10-23(31)11-7-21)15-14-35(18)26-16-27(37)34(3)25-13-12-24(17-32)33-28(25)26/h4-13,16,18-19,29H,14-15H2,1-3H3. The van der Waals surface area contributed by atoms with Crippen molar-refractivity contribution in [3.8, 4) is 6.07 Å². The first-order chi connectivity index (χ1) is 17.8. The molecule has 0 saturated carbocycles. The Morgan fingerprint density at radius 3 is 2.08 bits per heavy atom. The molecular weight excluding hydrogens is 472 g/mol. The van der Waals surface area contributed by atoms with Crippen LogP contribution < -0.4 is 10.5 Å². The summed E-state index contributed by atoms with van der Waals surface area (Å²) in [5, 5.41) is 9.41. The molecule has 0 aliphatic carbocycles. The van der Waals surface area contributed by atoms with Crippen LogP contribution >= 0.6 is 0 Å². The SMILES string of the molecule is CC1C(C)N(C(c2ccc(F)cc2)c2ccc(F)cc2)CCN1c1cc(=O)n(C)c2ccc(C#N)nc12. The maximum atomic E-state index is 13.7. The fourth-order valence-electron chi connectivity index (χ4n) is 5.33. The van der Waals surface area contributed by atoms with Crippen LogP contribution in [0.3, 0.4) is 0 Å². The molecule has 188 valence electrons. The van der Waals surface area contributed by atoms with Gasteiger partial charge in [0.05, 0.1) is 17.2 Å². The summed E-state index contributed by atoms with van der Waals surface area (Å²) in [5.41, 5.74) is 3.96. The van der Waals surface area contributed by atoms with Crippen LogP contribution in [0.2, 0.25) is 0 Å². The molecule has 1 aliphatic rings. The van der Waals surface area contributed by atoms with Gasteiger partial charge in [-0.3, -0.25) is 9.69 Å². The number of halogens is 2. The summed E-state index contributed by atoms with van der Waals surface area (Å²) < 4.78 is 29.0. The molecule has 0 bridgehead atoms. The minimum Gasteiger partial charge on any atom is -0.364 e. The number of hydrogen-bond donors (Lipinski definition) is 0. The number of pyridine rings is 2. The third-order valence-electron chi connectivity index (χ3n) is 7.51. The fourth-order valence-corrected chi connectivity index (χ4v) is 5.33. The quantitative estimate of drug-likeness (QED) is 0.405. The highest BCUT2D eigenvalue weighted by Crippen LogP contribution is 2.36. The molecule has 2 unspecified atom stereocenters. The van der Waals surface area contributed by atoms with Crippen LogP contribution in [0.25, 0.3) is 11.0 Å². The second kappa shape index (κ2) is 9.75. The van der Waals surface area contributed by atoms with Crippen molar-refractivity contribution >= 4 is 16.7 Å². The minimum absolute atomic E-state index is 0.00659. The van der Waals surface area contributed by atoms with E-state index in [0.717, 1.165) is 11.1 Å². The lowest BCUT2D eigenvalue weighted by Gasteiger charge is -2.49. The van der Waals surface area contributed by atoms with E-state index in [1.807, 2.05) is 0 Å². The van der Waals surface area contributed by atoms with Gasteiger partial charge < -0.3 is 9.47 Å². The van der Waals surface area contributed by atoms with Crippen molar-refractivity contribution in [2.75, 3.05) is 18.0 Å². The van der Waals surface area contributed by atoms with Gasteiger partial charge in [0.1, 0.15) is 28.9 Å². The number of rotatable bonds is 4. The molecule has 0 N–H and O–H groups in total. The van der Waals surface area contributed by atoms with Crippen LogP contribution in [0.1, 0.15) is 36.7 Å². The molecule has 1 saturated heterocycles. The van der Waals surface area contributed by atoms with Gasteiger partial charge in [-0.25, -0.2) is 13.8 Å². The summed E-state index contributed by atoms with van der Waals surface area (Å²) in [6.07, 6.45) is 0. The Balaban J connectivity index is 1.55. The van der Waals surface area contributed by atoms with E-state index in [1.54, 1.807) is 49.5 Å². The van der Waals surface area contributed by atoms with Crippen LogP contribution in [-0.2, 0) is 7.05 Å². The molecule has 5 rings (SSSR count). The van der Waals surface area contributed by atoms with Crippen molar-refractivity contribution < 1.29 is 8.78 Å². The molecular formula is C29H27F2N5O. The zero-order valence-corrected chi connectivity index (χ0v) is 20.9. The predicted molar refractivity (Wildman–Crippen MR) is 139 cm³/mol. The minimum atomic E-state index is -0.311. The second-order valence-electron chi connectivity index (χ2n) is 9.52. The van der Waals surface area contributed by atoms with Crippen molar-refractivity contribution in [2.24, 2.45) is 7.05 Å². The Morgan fingerprint density at radius 2 is 1.51 bits per heavy atom. The first kappa shape index (κ1) is 24.6. The first-order valence-corrected chi connectivity index (χ1v) is 12.2. The molecule has 3 heterocycles. The maximum Gasteiger partial charge on any atom is 0.252 e. The van der Waals surface area contributed by atoms with Crippen LogP contribution in [0, 0.1) is 23.0 Å². The average Bonchev–Trinajstić information content (AvgIpc) is 2.91. The van der Waals surface area contributed by atoms with E-state index in [9.17, 15) is 18.8 Å². The number of nitrogens with zero attached hydrogens (tertiary/aromatic N) is 5. The van der Waals surface area contributed by atoms with Crippen molar-refractivity contribution in [3.63, 3.8) is 0 Å². The average molecular weight is 500 g/mol. The molecule has 0 spiro atoms. The summed E-state index contributed by atoms with van der Waals surface area (Å²) in [7, 11) is 1.70. The number of aryl methyl sites for hydroxylation is 1. The number of piperazine rings is 1. The first-order valence-electron chi connectivity index (χ1n) is 12.2. The Hall–Kier alpha value is -4.09. The van der Waals surface area contributed by atoms with Gasteiger partial charge >= 0.3 is 0 Å². The third-order valence-corrected chi connectivity index (χ3v) is 7.51. The van der Waals surface area contributed by atoms with Gasteiger partial charge in [0.2, 0.25) is 0 Å². The molecule has 37 heavy (non-hydrogen) atoms. The van der Waals surface area contributed by atoms with Gasteiger partial charge in [-0.2, -0.15) is 5.26 Å². The van der Waals surface area contributed by atoms with Crippen molar-refractivity contribution in [1.29, 1.82) is 5.26 Å². The summed E-state index contributed by atoms with van der Waals surface area (Å²) >= 11 is 0. The lowest BCUT2D eigenvalue weighted by molar-refractivity contribution is 0.123. The molecule has 4 aromatic rings. The van der Waals surface area contributed by atoms with Crippen molar-refractivity contribution in [2.45, 2.75) is 32.0 Å². The van der Waals surface area contributed by atoms with Gasteiger partial charge in [0.25, 0.3) is 5.56 Å². The van der Waals surface area contributed by atoms with Gasteiger partial charge in [0.15, 0.2) is 0 Å². The molecule has 2 aromatic heterocycles. The monoisotopic (exact) mass is 499 g/mol. The molecule has 6 nitrogen and oxygen atoms in total. The molecule has 8 heteroatoms. The normalized spacial score (nSPS) is 18.4. The highest BCUT2D eigenvalue weighted by molar-refractivity contribution is 5.89. The smallest absolute Gasteiger partial charge is 0.252 e. The van der Waals surface area contributed by atoms with E-state index in [4.69, 9.17) is 0 Å². The molecule has 1 aliphatic heterocycles. The summed E-state index contributed by atoms with van der Waals surface area (Å²) in [5.74, 6) is -0.621. The Labute approximate surface area is 214 Å². The number of fused-ring (bicyclic) bond motifs is 1. The van der Waals surface area contributed by atoms with E-state index in [0.29, 0.717) is 35.5 Å². The Kier molecular flexibility index (Phi) is 6.48. The molecule has 0 radical (unpaired) electrons. The molecule has 2 aromatic carbocycles. The lowest BCUT2D eigenvalue weighted by atomic mass is 9.92. The second-order valence-corrected chi connectivity index (χ2v) is 9.52. The van der Waals surface area contributed by atoms with Crippen molar-refractivity contribution in [1.82, 2.24) is 14.5 Å². The number of nitriles is 1. The Morgan fingerprint density at radius 1 is 0.919 bits per heavy atom. The van der Waals surface area contributed by atoms with Crippen LogP contribution in [-0.4, -0.2) is 39.6 Å². The summed E-state index contributed by atoms with van der Waals surface area (Å²) in [6, 6.07) is 19.7. The summed E-state index contributed by atoms with van der Waals surface area (Å²) in [4.78, 5) is 21.9. The highest BCUT2D eigenvalue weighted by atomic mass is 19.1. The molecule has 2 atom stereocenters. The van der Waals surface area contributed by atoms with E-state index in [-0.39, 0.29) is 35.3 Å². The maximum absolute atomic E-state index is 13.7. The largest absolute Gasteiger partial charge is 0.364 e.